The SMILES string of the molecule is CCCC(C)N(C)CC(N)c1cccc2ccccc12. The first-order valence-electron chi connectivity index (χ1n) is 7.57. The van der Waals surface area contributed by atoms with Crippen molar-refractivity contribution in [2.75, 3.05) is 13.6 Å². The van der Waals surface area contributed by atoms with Crippen molar-refractivity contribution in [1.82, 2.24) is 4.90 Å². The van der Waals surface area contributed by atoms with Gasteiger partial charge < -0.3 is 10.6 Å². The largest absolute Gasteiger partial charge is 0.323 e. The van der Waals surface area contributed by atoms with Crippen LogP contribution in [0.4, 0.5) is 0 Å². The van der Waals surface area contributed by atoms with Crippen molar-refractivity contribution in [2.24, 2.45) is 5.73 Å². The molecule has 0 aliphatic heterocycles. The summed E-state index contributed by atoms with van der Waals surface area (Å²) in [6.45, 7) is 5.41. The molecule has 2 aromatic rings. The van der Waals surface area contributed by atoms with Crippen LogP contribution >= 0.6 is 0 Å². The van der Waals surface area contributed by atoms with E-state index in [0.29, 0.717) is 6.04 Å². The predicted molar refractivity (Wildman–Crippen MR) is 87.9 cm³/mol. The van der Waals surface area contributed by atoms with Gasteiger partial charge in [0.25, 0.3) is 0 Å². The zero-order valence-electron chi connectivity index (χ0n) is 12.8. The fraction of sp³-hybridized carbons (Fsp3) is 0.444. The van der Waals surface area contributed by atoms with Crippen molar-refractivity contribution in [3.8, 4) is 0 Å². The summed E-state index contributed by atoms with van der Waals surface area (Å²) >= 11 is 0. The summed E-state index contributed by atoms with van der Waals surface area (Å²) in [7, 11) is 2.17. The van der Waals surface area contributed by atoms with Crippen LogP contribution in [0.2, 0.25) is 0 Å². The first-order chi connectivity index (χ1) is 9.63. The van der Waals surface area contributed by atoms with Gasteiger partial charge in [-0.15, -0.1) is 0 Å². The molecule has 2 heteroatoms. The molecule has 2 aromatic carbocycles. The lowest BCUT2D eigenvalue weighted by molar-refractivity contribution is 0.231. The number of nitrogens with two attached hydrogens (primary N) is 1. The van der Waals surface area contributed by atoms with E-state index >= 15 is 0 Å². The van der Waals surface area contributed by atoms with E-state index in [1.807, 2.05) is 0 Å². The van der Waals surface area contributed by atoms with Crippen LogP contribution in [-0.4, -0.2) is 24.5 Å². The number of likely N-dealkylation sites (N-methyl/N-ethyl adjacent to an activating group) is 1. The number of hydrogen-bond donors (Lipinski definition) is 1. The highest BCUT2D eigenvalue weighted by atomic mass is 15.1. The topological polar surface area (TPSA) is 29.3 Å². The first-order valence-corrected chi connectivity index (χ1v) is 7.57. The Morgan fingerprint density at radius 1 is 1.10 bits per heavy atom. The predicted octanol–water partition coefficient (Wildman–Crippen LogP) is 3.96. The van der Waals surface area contributed by atoms with E-state index < -0.39 is 0 Å². The van der Waals surface area contributed by atoms with Gasteiger partial charge in [0.1, 0.15) is 0 Å². The molecule has 2 N–H and O–H groups in total. The van der Waals surface area contributed by atoms with Crippen LogP contribution in [0.25, 0.3) is 10.8 Å². The molecule has 0 bridgehead atoms. The van der Waals surface area contributed by atoms with Gasteiger partial charge in [0, 0.05) is 18.6 Å². The standard InChI is InChI=1S/C18H26N2/c1-4-8-14(2)20(3)13-18(19)17-12-7-10-15-9-5-6-11-16(15)17/h5-7,9-12,14,18H,4,8,13,19H2,1-3H3. The molecule has 2 nitrogen and oxygen atoms in total. The van der Waals surface area contributed by atoms with E-state index in [-0.39, 0.29) is 6.04 Å². The van der Waals surface area contributed by atoms with E-state index in [0.717, 1.165) is 6.54 Å². The number of fused-ring (bicyclic) bond motifs is 1. The van der Waals surface area contributed by atoms with Gasteiger partial charge in [0.15, 0.2) is 0 Å². The van der Waals surface area contributed by atoms with Gasteiger partial charge in [0.2, 0.25) is 0 Å². The molecule has 20 heavy (non-hydrogen) atoms. The molecule has 2 unspecified atom stereocenters. The minimum Gasteiger partial charge on any atom is -0.323 e. The van der Waals surface area contributed by atoms with Crippen molar-refractivity contribution >= 4 is 10.8 Å². The Hall–Kier alpha value is -1.38. The maximum absolute atomic E-state index is 6.45. The number of rotatable bonds is 6. The van der Waals surface area contributed by atoms with Gasteiger partial charge >= 0.3 is 0 Å². The number of benzene rings is 2. The molecule has 0 aliphatic rings. The quantitative estimate of drug-likeness (QED) is 0.861. The summed E-state index contributed by atoms with van der Waals surface area (Å²) in [5.74, 6) is 0. The lowest BCUT2D eigenvalue weighted by Gasteiger charge is -2.28. The molecular weight excluding hydrogens is 244 g/mol. The molecule has 0 heterocycles. The highest BCUT2D eigenvalue weighted by molar-refractivity contribution is 5.86. The molecule has 0 aromatic heterocycles. The summed E-state index contributed by atoms with van der Waals surface area (Å²) < 4.78 is 0. The van der Waals surface area contributed by atoms with Crippen LogP contribution in [0.1, 0.15) is 38.3 Å². The maximum atomic E-state index is 6.45. The third kappa shape index (κ3) is 3.38. The van der Waals surface area contributed by atoms with E-state index in [4.69, 9.17) is 5.73 Å². The third-order valence-corrected chi connectivity index (χ3v) is 4.17. The van der Waals surface area contributed by atoms with Gasteiger partial charge in [-0.3, -0.25) is 0 Å². The zero-order chi connectivity index (χ0) is 14.5. The average molecular weight is 270 g/mol. The number of hydrogen-bond acceptors (Lipinski definition) is 2. The molecule has 0 spiro atoms. The normalized spacial score (nSPS) is 14.7. The zero-order valence-corrected chi connectivity index (χ0v) is 12.8. The Bertz CT molecular complexity index is 545. The Morgan fingerprint density at radius 2 is 1.80 bits per heavy atom. The van der Waals surface area contributed by atoms with Gasteiger partial charge in [-0.05, 0) is 36.7 Å². The Kier molecular flexibility index (Phi) is 5.16. The van der Waals surface area contributed by atoms with Gasteiger partial charge in [0.05, 0.1) is 0 Å². The van der Waals surface area contributed by atoms with Crippen molar-refractivity contribution in [2.45, 2.75) is 38.8 Å². The minimum absolute atomic E-state index is 0.0606. The molecule has 0 fully saturated rings. The number of nitrogens with zero attached hydrogens (tertiary/aromatic N) is 1. The fourth-order valence-corrected chi connectivity index (χ4v) is 2.80. The highest BCUT2D eigenvalue weighted by Crippen LogP contribution is 2.24. The van der Waals surface area contributed by atoms with Crippen LogP contribution < -0.4 is 5.73 Å². The Morgan fingerprint density at radius 3 is 2.55 bits per heavy atom. The van der Waals surface area contributed by atoms with Gasteiger partial charge in [-0.25, -0.2) is 0 Å². The van der Waals surface area contributed by atoms with Crippen molar-refractivity contribution in [3.05, 3.63) is 48.0 Å². The summed E-state index contributed by atoms with van der Waals surface area (Å²) in [6.07, 6.45) is 2.44. The second-order valence-corrected chi connectivity index (χ2v) is 5.75. The second kappa shape index (κ2) is 6.87. The molecular formula is C18H26N2. The van der Waals surface area contributed by atoms with E-state index in [2.05, 4.69) is 68.3 Å². The van der Waals surface area contributed by atoms with Crippen LogP contribution in [0.5, 0.6) is 0 Å². The Balaban J connectivity index is 2.17. The summed E-state index contributed by atoms with van der Waals surface area (Å²) in [6, 6.07) is 15.5. The van der Waals surface area contributed by atoms with Gasteiger partial charge in [-0.1, -0.05) is 55.8 Å². The molecule has 0 aliphatic carbocycles. The van der Waals surface area contributed by atoms with Crippen LogP contribution in [-0.2, 0) is 0 Å². The lowest BCUT2D eigenvalue weighted by atomic mass is 9.98. The minimum atomic E-state index is 0.0606. The molecule has 0 amide bonds. The molecule has 0 saturated heterocycles. The van der Waals surface area contributed by atoms with Crippen LogP contribution in [0.3, 0.4) is 0 Å². The van der Waals surface area contributed by atoms with E-state index in [1.54, 1.807) is 0 Å². The maximum Gasteiger partial charge on any atom is 0.0430 e. The summed E-state index contributed by atoms with van der Waals surface area (Å²) in [5.41, 5.74) is 7.70. The van der Waals surface area contributed by atoms with Gasteiger partial charge in [-0.2, -0.15) is 0 Å². The average Bonchev–Trinajstić information content (AvgIpc) is 2.46. The molecule has 2 rings (SSSR count). The summed E-state index contributed by atoms with van der Waals surface area (Å²) in [5, 5.41) is 2.55. The molecule has 108 valence electrons. The van der Waals surface area contributed by atoms with Crippen molar-refractivity contribution in [3.63, 3.8) is 0 Å². The van der Waals surface area contributed by atoms with Crippen molar-refractivity contribution in [1.29, 1.82) is 0 Å². The smallest absolute Gasteiger partial charge is 0.0430 e. The highest BCUT2D eigenvalue weighted by Gasteiger charge is 2.15. The second-order valence-electron chi connectivity index (χ2n) is 5.75. The van der Waals surface area contributed by atoms with Crippen LogP contribution in [0.15, 0.2) is 42.5 Å². The lowest BCUT2D eigenvalue weighted by Crippen LogP contribution is -2.35. The van der Waals surface area contributed by atoms with Crippen molar-refractivity contribution < 1.29 is 0 Å². The van der Waals surface area contributed by atoms with Crippen LogP contribution in [0, 0.1) is 0 Å². The van der Waals surface area contributed by atoms with E-state index in [9.17, 15) is 0 Å². The first kappa shape index (κ1) is 15.0. The third-order valence-electron chi connectivity index (χ3n) is 4.17. The fourth-order valence-electron chi connectivity index (χ4n) is 2.80. The molecule has 2 atom stereocenters. The molecule has 0 radical (unpaired) electrons. The monoisotopic (exact) mass is 270 g/mol. The Labute approximate surface area is 122 Å². The molecule has 0 saturated carbocycles. The van der Waals surface area contributed by atoms with E-state index in [1.165, 1.54) is 29.2 Å². The summed E-state index contributed by atoms with van der Waals surface area (Å²) in [4.78, 5) is 2.37.